The van der Waals surface area contributed by atoms with Gasteiger partial charge in [-0.3, -0.25) is 4.79 Å². The molecule has 0 unspecified atom stereocenters. The van der Waals surface area contributed by atoms with Gasteiger partial charge in [-0.25, -0.2) is 32.5 Å². The van der Waals surface area contributed by atoms with E-state index in [1.54, 1.807) is 0 Å². The number of rotatable bonds is 7. The number of benzene rings is 1. The molecule has 1 saturated heterocycles. The normalized spacial score (nSPS) is 26.5. The summed E-state index contributed by atoms with van der Waals surface area (Å²) in [6, 6.07) is 3.66. The lowest BCUT2D eigenvalue weighted by Crippen LogP contribution is -2.51. The summed E-state index contributed by atoms with van der Waals surface area (Å²) in [6.45, 7) is 0.270. The number of halogens is 4. The maximum Gasteiger partial charge on any atom is 0.283 e. The third-order valence-corrected chi connectivity index (χ3v) is 5.78. The average molecular weight is 468 g/mol. The van der Waals surface area contributed by atoms with E-state index in [1.165, 1.54) is 19.1 Å². The molecule has 0 saturated carbocycles. The first kappa shape index (κ1) is 22.9. The van der Waals surface area contributed by atoms with Gasteiger partial charge in [0.25, 0.3) is 12.4 Å². The van der Waals surface area contributed by atoms with Crippen LogP contribution in [0.3, 0.4) is 0 Å². The summed E-state index contributed by atoms with van der Waals surface area (Å²) >= 11 is 0. The van der Waals surface area contributed by atoms with Crippen LogP contribution in [0.25, 0.3) is 0 Å². The predicted octanol–water partition coefficient (Wildman–Crippen LogP) is 2.56. The second kappa shape index (κ2) is 8.93. The van der Waals surface area contributed by atoms with Crippen molar-refractivity contribution in [2.75, 3.05) is 13.5 Å². The zero-order valence-corrected chi connectivity index (χ0v) is 17.4. The van der Waals surface area contributed by atoms with E-state index in [9.17, 15) is 22.4 Å². The van der Waals surface area contributed by atoms with Crippen LogP contribution in [-0.2, 0) is 21.4 Å². The lowest BCUT2D eigenvalue weighted by molar-refractivity contribution is -0.0549. The van der Waals surface area contributed by atoms with Gasteiger partial charge in [0.2, 0.25) is 12.7 Å². The summed E-state index contributed by atoms with van der Waals surface area (Å²) in [6.07, 6.45) is -3.13. The molecule has 0 amide bonds. The first-order valence-electron chi connectivity index (χ1n) is 9.97. The number of hydrogen-bond acceptors (Lipinski definition) is 8. The molecule has 33 heavy (non-hydrogen) atoms. The minimum Gasteiger partial charge on any atom is -0.459 e. The van der Waals surface area contributed by atoms with Crippen LogP contribution >= 0.6 is 0 Å². The van der Waals surface area contributed by atoms with Crippen LogP contribution in [0.15, 0.2) is 35.6 Å². The highest BCUT2D eigenvalue weighted by Crippen LogP contribution is 2.47. The zero-order chi connectivity index (χ0) is 23.8. The molecule has 4 rings (SSSR count). The van der Waals surface area contributed by atoms with Crippen molar-refractivity contribution in [1.29, 1.82) is 0 Å². The van der Waals surface area contributed by atoms with Crippen LogP contribution < -0.4 is 10.5 Å². The second-order valence-electron chi connectivity index (χ2n) is 7.82. The van der Waals surface area contributed by atoms with Gasteiger partial charge in [-0.15, -0.1) is 0 Å². The number of amidine groups is 1. The number of nitrogens with zero attached hydrogens (tertiary/aromatic N) is 3. The molecule has 1 aromatic carbocycles. The fourth-order valence-corrected chi connectivity index (χ4v) is 4.30. The molecule has 0 radical (unpaired) electrons. The quantitative estimate of drug-likeness (QED) is 0.491. The van der Waals surface area contributed by atoms with Crippen LogP contribution in [0.5, 0.6) is 5.88 Å². The summed E-state index contributed by atoms with van der Waals surface area (Å²) in [5, 5.41) is 0. The topological polar surface area (TPSA) is 109 Å². The molecule has 2 aromatic rings. The third-order valence-electron chi connectivity index (χ3n) is 5.78. The average Bonchev–Trinajstić information content (AvgIpc) is 3.20. The fraction of sp³-hybridized carbons (Fsp3) is 0.429. The SMILES string of the molecule is C[C@]1(c2cc(CC(=O)c3cnc(OCF)cn3)ccc2F)N=C(N)O[C@@H]2CO[C@@H](C(F)F)[C@@H]21. The zero-order valence-electron chi connectivity index (χ0n) is 17.4. The van der Waals surface area contributed by atoms with Crippen molar-refractivity contribution in [1.82, 2.24) is 9.97 Å². The van der Waals surface area contributed by atoms with Gasteiger partial charge in [-0.05, 0) is 24.6 Å². The summed E-state index contributed by atoms with van der Waals surface area (Å²) in [5.41, 5.74) is 4.63. The Labute approximate surface area is 185 Å². The molecular weight excluding hydrogens is 448 g/mol. The summed E-state index contributed by atoms with van der Waals surface area (Å²) < 4.78 is 69.6. The number of carbonyl (C=O) groups excluding carboxylic acids is 1. The maximum absolute atomic E-state index is 15.0. The van der Waals surface area contributed by atoms with E-state index in [0.29, 0.717) is 5.56 Å². The Hall–Kier alpha value is -3.28. The maximum atomic E-state index is 15.0. The van der Waals surface area contributed by atoms with Gasteiger partial charge in [0, 0.05) is 12.0 Å². The highest BCUT2D eigenvalue weighted by molar-refractivity contribution is 5.95. The Kier molecular flexibility index (Phi) is 6.19. The molecule has 4 atom stereocenters. The van der Waals surface area contributed by atoms with Crippen molar-refractivity contribution in [3.63, 3.8) is 0 Å². The van der Waals surface area contributed by atoms with Gasteiger partial charge in [-0.2, -0.15) is 0 Å². The Bertz CT molecular complexity index is 1070. The molecule has 3 heterocycles. The first-order chi connectivity index (χ1) is 15.7. The number of alkyl halides is 3. The number of hydrogen-bond donors (Lipinski definition) is 1. The largest absolute Gasteiger partial charge is 0.459 e. The van der Waals surface area contributed by atoms with Gasteiger partial charge in [0.05, 0.1) is 24.9 Å². The molecule has 8 nitrogen and oxygen atoms in total. The van der Waals surface area contributed by atoms with E-state index in [0.717, 1.165) is 18.5 Å². The van der Waals surface area contributed by atoms with Gasteiger partial charge in [-0.1, -0.05) is 6.07 Å². The molecule has 0 aliphatic carbocycles. The van der Waals surface area contributed by atoms with Crippen LogP contribution in [-0.4, -0.2) is 53.9 Å². The minimum atomic E-state index is -2.84. The molecule has 0 spiro atoms. The molecule has 2 aliphatic rings. The Morgan fingerprint density at radius 2 is 2.12 bits per heavy atom. The number of ether oxygens (including phenoxy) is 3. The lowest BCUT2D eigenvalue weighted by Gasteiger charge is -2.41. The summed E-state index contributed by atoms with van der Waals surface area (Å²) in [5.74, 6) is -2.22. The monoisotopic (exact) mass is 468 g/mol. The van der Waals surface area contributed by atoms with Crippen molar-refractivity contribution in [2.45, 2.75) is 37.5 Å². The molecule has 0 bridgehead atoms. The van der Waals surface area contributed by atoms with Crippen LogP contribution in [0, 0.1) is 11.7 Å². The van der Waals surface area contributed by atoms with Gasteiger partial charge in [0.1, 0.15) is 29.3 Å². The van der Waals surface area contributed by atoms with E-state index in [1.807, 2.05) is 0 Å². The standard InChI is InChI=1S/C21H20F4N4O4/c1-21(17-15(33-20(26)29-21)8-31-18(17)19(24)25)11-4-10(2-3-12(11)23)5-14(30)13-6-28-16(7-27-13)32-9-22/h2-4,6-7,15,17-19H,5,8-9H2,1H3,(H2,26,29)/t15-,17-,18-,21-/m1/s1. The smallest absolute Gasteiger partial charge is 0.283 e. The van der Waals surface area contributed by atoms with Crippen molar-refractivity contribution >= 4 is 11.8 Å². The highest BCUT2D eigenvalue weighted by Gasteiger charge is 2.57. The summed E-state index contributed by atoms with van der Waals surface area (Å²) in [7, 11) is 0. The van der Waals surface area contributed by atoms with Crippen LogP contribution in [0.1, 0.15) is 28.5 Å². The first-order valence-corrected chi connectivity index (χ1v) is 9.97. The molecule has 1 aromatic heterocycles. The third kappa shape index (κ3) is 4.34. The van der Waals surface area contributed by atoms with Crippen molar-refractivity contribution < 1.29 is 36.6 Å². The van der Waals surface area contributed by atoms with Gasteiger partial charge >= 0.3 is 0 Å². The van der Waals surface area contributed by atoms with E-state index < -0.39 is 48.6 Å². The number of nitrogens with two attached hydrogens (primary N) is 1. The molecule has 2 N–H and O–H groups in total. The van der Waals surface area contributed by atoms with E-state index in [2.05, 4.69) is 19.7 Å². The number of ketones is 1. The molecule has 12 heteroatoms. The minimum absolute atomic E-state index is 0.00588. The number of aliphatic imine (C=N–C) groups is 1. The Morgan fingerprint density at radius 1 is 1.33 bits per heavy atom. The van der Waals surface area contributed by atoms with Crippen molar-refractivity contribution in [3.05, 3.63) is 53.2 Å². The Morgan fingerprint density at radius 3 is 2.79 bits per heavy atom. The van der Waals surface area contributed by atoms with Gasteiger partial charge in [0.15, 0.2) is 5.78 Å². The van der Waals surface area contributed by atoms with E-state index in [4.69, 9.17) is 15.2 Å². The molecule has 176 valence electrons. The lowest BCUT2D eigenvalue weighted by atomic mass is 9.74. The number of fused-ring (bicyclic) bond motifs is 1. The van der Waals surface area contributed by atoms with Crippen LogP contribution in [0.4, 0.5) is 17.6 Å². The number of Topliss-reactive ketones (excluding diaryl/α,β-unsaturated/α-hetero) is 1. The number of carbonyl (C=O) groups is 1. The molecular formula is C21H20F4N4O4. The predicted molar refractivity (Wildman–Crippen MR) is 106 cm³/mol. The Balaban J connectivity index is 1.65. The van der Waals surface area contributed by atoms with Crippen molar-refractivity contribution in [3.8, 4) is 5.88 Å². The molecule has 2 aliphatic heterocycles. The fourth-order valence-electron chi connectivity index (χ4n) is 4.30. The van der Waals surface area contributed by atoms with Crippen LogP contribution in [0.2, 0.25) is 0 Å². The van der Waals surface area contributed by atoms with Gasteiger partial charge < -0.3 is 19.9 Å². The molecule has 1 fully saturated rings. The second-order valence-corrected chi connectivity index (χ2v) is 7.82. The number of aromatic nitrogens is 2. The van der Waals surface area contributed by atoms with Crippen molar-refractivity contribution in [2.24, 2.45) is 16.6 Å². The van der Waals surface area contributed by atoms with E-state index in [-0.39, 0.29) is 36.2 Å². The summed E-state index contributed by atoms with van der Waals surface area (Å²) in [4.78, 5) is 24.5. The van der Waals surface area contributed by atoms with E-state index >= 15 is 0 Å². The highest BCUT2D eigenvalue weighted by atomic mass is 19.3.